The van der Waals surface area contributed by atoms with Gasteiger partial charge in [0.25, 0.3) is 5.91 Å². The van der Waals surface area contributed by atoms with Crippen LogP contribution in [0.4, 0.5) is 0 Å². The van der Waals surface area contributed by atoms with Gasteiger partial charge in [-0.2, -0.15) is 11.8 Å². The Morgan fingerprint density at radius 1 is 1.28 bits per heavy atom. The standard InChI is InChI=1S/C18H17BrN2O2S2/c1-12-16(17(21-23-12)13-5-3-2-4-6-13)18(22)20-9-10-24-11-14-7-8-15(19)25-14/h2-8H,9-11H2,1H3,(H,20,22). The second-order valence-electron chi connectivity index (χ2n) is 5.34. The Balaban J connectivity index is 1.54. The van der Waals surface area contributed by atoms with E-state index in [0.717, 1.165) is 20.9 Å². The van der Waals surface area contributed by atoms with Gasteiger partial charge in [0.1, 0.15) is 17.0 Å². The van der Waals surface area contributed by atoms with E-state index in [9.17, 15) is 4.79 Å². The minimum atomic E-state index is -0.142. The fraction of sp³-hybridized carbons (Fsp3) is 0.222. The van der Waals surface area contributed by atoms with E-state index >= 15 is 0 Å². The number of benzene rings is 1. The summed E-state index contributed by atoms with van der Waals surface area (Å²) in [7, 11) is 0. The fourth-order valence-electron chi connectivity index (χ4n) is 2.36. The van der Waals surface area contributed by atoms with E-state index in [0.29, 0.717) is 23.6 Å². The van der Waals surface area contributed by atoms with E-state index in [1.54, 1.807) is 30.0 Å². The Hall–Kier alpha value is -1.57. The molecule has 0 unspecified atom stereocenters. The number of hydrogen-bond acceptors (Lipinski definition) is 5. The van der Waals surface area contributed by atoms with Crippen molar-refractivity contribution >= 4 is 44.9 Å². The van der Waals surface area contributed by atoms with Crippen molar-refractivity contribution in [3.63, 3.8) is 0 Å². The minimum Gasteiger partial charge on any atom is -0.360 e. The number of carbonyl (C=O) groups is 1. The van der Waals surface area contributed by atoms with E-state index in [1.807, 2.05) is 30.3 Å². The number of thioether (sulfide) groups is 1. The number of amides is 1. The lowest BCUT2D eigenvalue weighted by Crippen LogP contribution is -2.26. The number of carbonyl (C=O) groups excluding carboxylic acids is 1. The van der Waals surface area contributed by atoms with Crippen LogP contribution in [0.3, 0.4) is 0 Å². The van der Waals surface area contributed by atoms with Crippen molar-refractivity contribution in [2.45, 2.75) is 12.7 Å². The summed E-state index contributed by atoms with van der Waals surface area (Å²) in [5, 5.41) is 7.01. The zero-order valence-electron chi connectivity index (χ0n) is 13.6. The zero-order chi connectivity index (χ0) is 17.6. The van der Waals surface area contributed by atoms with E-state index in [4.69, 9.17) is 4.52 Å². The van der Waals surface area contributed by atoms with Gasteiger partial charge < -0.3 is 9.84 Å². The van der Waals surface area contributed by atoms with Crippen LogP contribution in [0, 0.1) is 6.92 Å². The summed E-state index contributed by atoms with van der Waals surface area (Å²) in [5.41, 5.74) is 1.98. The first-order valence-electron chi connectivity index (χ1n) is 7.77. The van der Waals surface area contributed by atoms with Crippen LogP contribution in [0.5, 0.6) is 0 Å². The molecule has 3 rings (SSSR count). The summed E-state index contributed by atoms with van der Waals surface area (Å²) in [6, 6.07) is 13.8. The van der Waals surface area contributed by atoms with E-state index in [1.165, 1.54) is 4.88 Å². The van der Waals surface area contributed by atoms with Crippen molar-refractivity contribution < 1.29 is 9.32 Å². The van der Waals surface area contributed by atoms with Gasteiger partial charge in [-0.05, 0) is 35.0 Å². The second kappa shape index (κ2) is 8.69. The smallest absolute Gasteiger partial charge is 0.257 e. The summed E-state index contributed by atoms with van der Waals surface area (Å²) < 4.78 is 6.39. The number of halogens is 1. The van der Waals surface area contributed by atoms with Crippen LogP contribution >= 0.6 is 39.0 Å². The summed E-state index contributed by atoms with van der Waals surface area (Å²) in [5.74, 6) is 2.20. The van der Waals surface area contributed by atoms with Gasteiger partial charge in [0, 0.05) is 28.5 Å². The Morgan fingerprint density at radius 3 is 2.80 bits per heavy atom. The molecule has 130 valence electrons. The van der Waals surface area contributed by atoms with Crippen LogP contribution in [0.2, 0.25) is 0 Å². The van der Waals surface area contributed by atoms with Crippen LogP contribution in [-0.2, 0) is 5.75 Å². The maximum Gasteiger partial charge on any atom is 0.257 e. The molecule has 0 saturated carbocycles. The van der Waals surface area contributed by atoms with Crippen LogP contribution in [-0.4, -0.2) is 23.4 Å². The predicted molar refractivity (Wildman–Crippen MR) is 107 cm³/mol. The predicted octanol–water partition coefficient (Wildman–Crippen LogP) is 5.14. The van der Waals surface area contributed by atoms with E-state index in [2.05, 4.69) is 38.5 Å². The highest BCUT2D eigenvalue weighted by molar-refractivity contribution is 9.11. The summed E-state index contributed by atoms with van der Waals surface area (Å²) in [4.78, 5) is 13.9. The molecule has 7 heteroatoms. The minimum absolute atomic E-state index is 0.142. The highest BCUT2D eigenvalue weighted by atomic mass is 79.9. The fourth-order valence-corrected chi connectivity index (χ4v) is 4.81. The molecule has 0 saturated heterocycles. The quantitative estimate of drug-likeness (QED) is 0.521. The van der Waals surface area contributed by atoms with Crippen molar-refractivity contribution in [1.82, 2.24) is 10.5 Å². The molecule has 4 nitrogen and oxygen atoms in total. The van der Waals surface area contributed by atoms with Gasteiger partial charge in [-0.15, -0.1) is 11.3 Å². The van der Waals surface area contributed by atoms with Crippen molar-refractivity contribution in [3.8, 4) is 11.3 Å². The molecule has 2 aromatic heterocycles. The Labute approximate surface area is 163 Å². The molecule has 0 aliphatic heterocycles. The lowest BCUT2D eigenvalue weighted by Gasteiger charge is -2.05. The van der Waals surface area contributed by atoms with Gasteiger partial charge in [0.05, 0.1) is 3.79 Å². The first kappa shape index (κ1) is 18.2. The van der Waals surface area contributed by atoms with Crippen molar-refractivity contribution in [2.75, 3.05) is 12.3 Å². The first-order valence-corrected chi connectivity index (χ1v) is 10.5. The largest absolute Gasteiger partial charge is 0.360 e. The van der Waals surface area contributed by atoms with Crippen LogP contribution in [0.1, 0.15) is 21.0 Å². The van der Waals surface area contributed by atoms with Gasteiger partial charge in [0.15, 0.2) is 0 Å². The Kier molecular flexibility index (Phi) is 6.34. The molecule has 0 spiro atoms. The third-order valence-corrected chi connectivity index (χ3v) is 6.36. The number of aryl methyl sites for hydroxylation is 1. The van der Waals surface area contributed by atoms with Crippen molar-refractivity contribution in [2.24, 2.45) is 0 Å². The number of aromatic nitrogens is 1. The van der Waals surface area contributed by atoms with Crippen LogP contribution < -0.4 is 5.32 Å². The SMILES string of the molecule is Cc1onc(-c2ccccc2)c1C(=O)NCCSCc1ccc(Br)s1. The molecule has 0 bridgehead atoms. The first-order chi connectivity index (χ1) is 12.1. The molecule has 1 aromatic carbocycles. The van der Waals surface area contributed by atoms with E-state index in [-0.39, 0.29) is 5.91 Å². The number of rotatable bonds is 7. The maximum absolute atomic E-state index is 12.5. The number of thiophene rings is 1. The Morgan fingerprint density at radius 2 is 2.08 bits per heavy atom. The lowest BCUT2D eigenvalue weighted by atomic mass is 10.1. The van der Waals surface area contributed by atoms with E-state index < -0.39 is 0 Å². The summed E-state index contributed by atoms with van der Waals surface area (Å²) in [6.45, 7) is 2.37. The van der Waals surface area contributed by atoms with Gasteiger partial charge in [-0.3, -0.25) is 4.79 Å². The lowest BCUT2D eigenvalue weighted by molar-refractivity contribution is 0.0955. The molecular formula is C18H17BrN2O2S2. The third kappa shape index (κ3) is 4.74. The molecule has 25 heavy (non-hydrogen) atoms. The van der Waals surface area contributed by atoms with Crippen molar-refractivity contribution in [1.29, 1.82) is 0 Å². The van der Waals surface area contributed by atoms with Gasteiger partial charge in [-0.1, -0.05) is 35.5 Å². The van der Waals surface area contributed by atoms with Crippen LogP contribution in [0.15, 0.2) is 50.8 Å². The number of nitrogens with one attached hydrogen (secondary N) is 1. The zero-order valence-corrected chi connectivity index (χ0v) is 16.8. The Bertz CT molecular complexity index is 846. The molecule has 1 amide bonds. The maximum atomic E-state index is 12.5. The van der Waals surface area contributed by atoms with Crippen LogP contribution in [0.25, 0.3) is 11.3 Å². The second-order valence-corrected chi connectivity index (χ2v) is 9.00. The number of hydrogen-bond donors (Lipinski definition) is 1. The molecule has 0 fully saturated rings. The highest BCUT2D eigenvalue weighted by Crippen LogP contribution is 2.26. The molecule has 0 aliphatic carbocycles. The molecule has 3 aromatic rings. The normalized spacial score (nSPS) is 10.8. The summed E-state index contributed by atoms with van der Waals surface area (Å²) in [6.07, 6.45) is 0. The monoisotopic (exact) mass is 436 g/mol. The van der Waals surface area contributed by atoms with Crippen molar-refractivity contribution in [3.05, 3.63) is 62.5 Å². The topological polar surface area (TPSA) is 55.1 Å². The summed E-state index contributed by atoms with van der Waals surface area (Å²) >= 11 is 7.01. The number of nitrogens with zero attached hydrogens (tertiary/aromatic N) is 1. The van der Waals surface area contributed by atoms with Gasteiger partial charge >= 0.3 is 0 Å². The van der Waals surface area contributed by atoms with Gasteiger partial charge in [-0.25, -0.2) is 0 Å². The third-order valence-electron chi connectivity index (χ3n) is 3.54. The molecule has 0 atom stereocenters. The molecular weight excluding hydrogens is 420 g/mol. The molecule has 0 aliphatic rings. The highest BCUT2D eigenvalue weighted by Gasteiger charge is 2.21. The molecule has 2 heterocycles. The van der Waals surface area contributed by atoms with Gasteiger partial charge in [0.2, 0.25) is 0 Å². The molecule has 1 N–H and O–H groups in total. The average molecular weight is 437 g/mol. The average Bonchev–Trinajstić information content (AvgIpc) is 3.21. The molecule has 0 radical (unpaired) electrons.